The van der Waals surface area contributed by atoms with Crippen molar-refractivity contribution >= 4 is 11.0 Å². The number of piperazine rings is 1. The third kappa shape index (κ3) is 3.99. The molecule has 0 atom stereocenters. The minimum Gasteiger partial charge on any atom is -0.492 e. The molecule has 158 valence electrons. The molecular weight excluding hydrogens is 384 g/mol. The summed E-state index contributed by atoms with van der Waals surface area (Å²) >= 11 is 0. The third-order valence-corrected chi connectivity index (χ3v) is 5.60. The Kier molecular flexibility index (Phi) is 5.65. The zero-order valence-electron chi connectivity index (χ0n) is 17.5. The fraction of sp³-hybridized carbons (Fsp3) is 0.429. The van der Waals surface area contributed by atoms with Crippen molar-refractivity contribution in [1.82, 2.24) is 28.9 Å². The van der Waals surface area contributed by atoms with Gasteiger partial charge in [-0.05, 0) is 31.3 Å². The summed E-state index contributed by atoms with van der Waals surface area (Å²) in [6.45, 7) is 5.88. The fourth-order valence-corrected chi connectivity index (χ4v) is 3.56. The van der Waals surface area contributed by atoms with E-state index in [4.69, 9.17) is 4.74 Å². The summed E-state index contributed by atoms with van der Waals surface area (Å²) in [5.74, 6) is 1.22. The third-order valence-electron chi connectivity index (χ3n) is 5.60. The predicted molar refractivity (Wildman–Crippen MR) is 115 cm³/mol. The van der Waals surface area contributed by atoms with Crippen LogP contribution in [0, 0.1) is 0 Å². The second kappa shape index (κ2) is 8.37. The lowest BCUT2D eigenvalue weighted by Crippen LogP contribution is -2.45. The largest absolute Gasteiger partial charge is 0.492 e. The lowest BCUT2D eigenvalue weighted by molar-refractivity contribution is 0.134. The Morgan fingerprint density at radius 1 is 0.967 bits per heavy atom. The topological polar surface area (TPSA) is 85.5 Å². The number of hydrogen-bond donors (Lipinski definition) is 0. The van der Waals surface area contributed by atoms with Gasteiger partial charge in [0.1, 0.15) is 12.4 Å². The molecule has 30 heavy (non-hydrogen) atoms. The average Bonchev–Trinajstić information content (AvgIpc) is 2.77. The normalized spacial score (nSPS) is 15.6. The van der Waals surface area contributed by atoms with Crippen molar-refractivity contribution in [3.63, 3.8) is 0 Å². The number of aryl methyl sites for hydroxylation is 1. The summed E-state index contributed by atoms with van der Waals surface area (Å²) in [5.41, 5.74) is 0.578. The molecule has 9 nitrogen and oxygen atoms in total. The van der Waals surface area contributed by atoms with Crippen LogP contribution in [0.25, 0.3) is 22.4 Å². The molecule has 0 amide bonds. The summed E-state index contributed by atoms with van der Waals surface area (Å²) in [4.78, 5) is 38.0. The van der Waals surface area contributed by atoms with Crippen LogP contribution in [0.4, 0.5) is 0 Å². The van der Waals surface area contributed by atoms with Crippen LogP contribution in [0.15, 0.2) is 40.1 Å². The number of nitrogens with zero attached hydrogens (tertiary/aromatic N) is 6. The molecule has 4 rings (SSSR count). The Hall–Kier alpha value is -3.04. The van der Waals surface area contributed by atoms with E-state index in [0.717, 1.165) is 48.6 Å². The molecule has 0 N–H and O–H groups in total. The van der Waals surface area contributed by atoms with Gasteiger partial charge in [-0.15, -0.1) is 0 Å². The van der Waals surface area contributed by atoms with Crippen LogP contribution in [-0.2, 0) is 14.1 Å². The van der Waals surface area contributed by atoms with Gasteiger partial charge in [-0.2, -0.15) is 0 Å². The second-order valence-corrected chi connectivity index (χ2v) is 7.65. The van der Waals surface area contributed by atoms with Gasteiger partial charge >= 0.3 is 5.69 Å². The van der Waals surface area contributed by atoms with E-state index in [-0.39, 0.29) is 5.52 Å². The van der Waals surface area contributed by atoms with Gasteiger partial charge in [0.15, 0.2) is 11.3 Å². The highest BCUT2D eigenvalue weighted by Gasteiger charge is 2.14. The van der Waals surface area contributed by atoms with E-state index < -0.39 is 11.2 Å². The first-order valence-electron chi connectivity index (χ1n) is 10.0. The van der Waals surface area contributed by atoms with Crippen LogP contribution in [0.1, 0.15) is 0 Å². The lowest BCUT2D eigenvalue weighted by Gasteiger charge is -2.32. The van der Waals surface area contributed by atoms with E-state index in [1.54, 1.807) is 7.05 Å². The summed E-state index contributed by atoms with van der Waals surface area (Å²) in [6.07, 6.45) is 1.51. The molecule has 3 heterocycles. The first kappa shape index (κ1) is 20.2. The van der Waals surface area contributed by atoms with Crippen molar-refractivity contribution < 1.29 is 4.74 Å². The van der Waals surface area contributed by atoms with Crippen molar-refractivity contribution in [2.45, 2.75) is 0 Å². The maximum atomic E-state index is 12.4. The molecule has 9 heteroatoms. The van der Waals surface area contributed by atoms with Crippen LogP contribution in [0.2, 0.25) is 0 Å². The fourth-order valence-electron chi connectivity index (χ4n) is 3.56. The van der Waals surface area contributed by atoms with Gasteiger partial charge in [-0.3, -0.25) is 18.8 Å². The van der Waals surface area contributed by atoms with Gasteiger partial charge in [0.05, 0.1) is 11.7 Å². The van der Waals surface area contributed by atoms with Crippen LogP contribution in [0.5, 0.6) is 5.75 Å². The zero-order chi connectivity index (χ0) is 21.3. The molecular formula is C21H26N6O3. The molecule has 1 aliphatic rings. The molecule has 3 aromatic rings. The molecule has 0 bridgehead atoms. The molecule has 0 spiro atoms. The van der Waals surface area contributed by atoms with Crippen molar-refractivity contribution in [2.24, 2.45) is 14.1 Å². The zero-order valence-corrected chi connectivity index (χ0v) is 17.5. The Bertz CT molecular complexity index is 1160. The number of hydrogen-bond acceptors (Lipinski definition) is 7. The second-order valence-electron chi connectivity index (χ2n) is 7.65. The van der Waals surface area contributed by atoms with Crippen LogP contribution in [0.3, 0.4) is 0 Å². The molecule has 1 saturated heterocycles. The predicted octanol–water partition coefficient (Wildman–Crippen LogP) is 0.320. The Labute approximate surface area is 174 Å². The van der Waals surface area contributed by atoms with E-state index >= 15 is 0 Å². The standard InChI is InChI=1S/C21H26N6O3/c1-24-8-10-27(11-9-24)12-13-30-16-6-4-15(5-7-16)19-22-14-17-18(23-19)20(28)26(3)21(29)25(17)2/h4-7,14H,8-13H2,1-3H3. The summed E-state index contributed by atoms with van der Waals surface area (Å²) < 4.78 is 8.30. The molecule has 0 aliphatic carbocycles. The van der Waals surface area contributed by atoms with Crippen molar-refractivity contribution in [3.05, 3.63) is 51.3 Å². The van der Waals surface area contributed by atoms with E-state index in [1.807, 2.05) is 24.3 Å². The smallest absolute Gasteiger partial charge is 0.331 e. The summed E-state index contributed by atoms with van der Waals surface area (Å²) in [6, 6.07) is 7.51. The van der Waals surface area contributed by atoms with Crippen molar-refractivity contribution in [1.29, 1.82) is 0 Å². The molecule has 0 saturated carbocycles. The molecule has 1 fully saturated rings. The maximum Gasteiger partial charge on any atom is 0.331 e. The van der Waals surface area contributed by atoms with Crippen molar-refractivity contribution in [2.75, 3.05) is 46.4 Å². The monoisotopic (exact) mass is 410 g/mol. The van der Waals surface area contributed by atoms with Gasteiger partial charge in [0.2, 0.25) is 0 Å². The van der Waals surface area contributed by atoms with Gasteiger partial charge < -0.3 is 9.64 Å². The Balaban J connectivity index is 1.47. The number of ether oxygens (including phenoxy) is 1. The highest BCUT2D eigenvalue weighted by atomic mass is 16.5. The SMILES string of the molecule is CN1CCN(CCOc2ccc(-c3ncc4c(n3)c(=O)n(C)c(=O)n4C)cc2)CC1. The minimum absolute atomic E-state index is 0.220. The van der Waals surface area contributed by atoms with Gasteiger partial charge in [-0.1, -0.05) is 0 Å². The highest BCUT2D eigenvalue weighted by molar-refractivity contribution is 5.75. The quantitative estimate of drug-likeness (QED) is 0.599. The van der Waals surface area contributed by atoms with Crippen LogP contribution >= 0.6 is 0 Å². The highest BCUT2D eigenvalue weighted by Crippen LogP contribution is 2.20. The Morgan fingerprint density at radius 2 is 1.67 bits per heavy atom. The van der Waals surface area contributed by atoms with Crippen LogP contribution in [-0.4, -0.2) is 75.3 Å². The molecule has 1 aliphatic heterocycles. The number of likely N-dealkylation sites (N-methyl/N-ethyl adjacent to an activating group) is 1. The molecule has 1 aromatic carbocycles. The first-order chi connectivity index (χ1) is 14.4. The van der Waals surface area contributed by atoms with E-state index in [1.165, 1.54) is 17.8 Å². The number of rotatable bonds is 5. The number of benzene rings is 1. The van der Waals surface area contributed by atoms with Crippen LogP contribution < -0.4 is 16.0 Å². The summed E-state index contributed by atoms with van der Waals surface area (Å²) in [5, 5.41) is 0. The minimum atomic E-state index is -0.430. The van der Waals surface area contributed by atoms with E-state index in [0.29, 0.717) is 17.9 Å². The molecule has 0 radical (unpaired) electrons. The Morgan fingerprint density at radius 3 is 2.37 bits per heavy atom. The van der Waals surface area contributed by atoms with E-state index in [9.17, 15) is 9.59 Å². The van der Waals surface area contributed by atoms with Crippen molar-refractivity contribution in [3.8, 4) is 17.1 Å². The number of aromatic nitrogens is 4. The first-order valence-corrected chi connectivity index (χ1v) is 10.0. The van der Waals surface area contributed by atoms with Gasteiger partial charge in [0, 0.05) is 52.4 Å². The lowest BCUT2D eigenvalue weighted by atomic mass is 10.2. The van der Waals surface area contributed by atoms with Gasteiger partial charge in [0.25, 0.3) is 5.56 Å². The van der Waals surface area contributed by atoms with Gasteiger partial charge in [-0.25, -0.2) is 14.8 Å². The molecule has 0 unspecified atom stereocenters. The average molecular weight is 410 g/mol. The van der Waals surface area contributed by atoms with E-state index in [2.05, 4.69) is 26.8 Å². The molecule has 2 aromatic heterocycles. The maximum absolute atomic E-state index is 12.4. The number of fused-ring (bicyclic) bond motifs is 1. The summed E-state index contributed by atoms with van der Waals surface area (Å²) in [7, 11) is 5.19.